The summed E-state index contributed by atoms with van der Waals surface area (Å²) in [7, 11) is 0. The van der Waals surface area contributed by atoms with E-state index in [0.29, 0.717) is 66.5 Å². The number of aromatic nitrogens is 2. The van der Waals surface area contributed by atoms with Crippen LogP contribution in [0, 0.1) is 5.92 Å². The maximum atomic E-state index is 13.4. The molecule has 2 heterocycles. The molecule has 1 fully saturated rings. The first kappa shape index (κ1) is 19.4. The Morgan fingerprint density at radius 2 is 2.10 bits per heavy atom. The predicted molar refractivity (Wildman–Crippen MR) is 113 cm³/mol. The van der Waals surface area contributed by atoms with Gasteiger partial charge in [-0.15, -0.1) is 0 Å². The molecule has 3 N–H and O–H groups in total. The van der Waals surface area contributed by atoms with Crippen molar-refractivity contribution in [3.8, 4) is 11.3 Å². The number of aromatic amines is 1. The van der Waals surface area contributed by atoms with Gasteiger partial charge >= 0.3 is 6.03 Å². The van der Waals surface area contributed by atoms with Gasteiger partial charge in [-0.25, -0.2) is 9.80 Å². The van der Waals surface area contributed by atoms with E-state index in [9.17, 15) is 14.4 Å². The van der Waals surface area contributed by atoms with Gasteiger partial charge < -0.3 is 14.8 Å². The van der Waals surface area contributed by atoms with E-state index in [1.54, 1.807) is 17.1 Å². The number of hydrogen-bond acceptors (Lipinski definition) is 6. The molecule has 1 aromatic heterocycles. The molecule has 1 atom stereocenters. The van der Waals surface area contributed by atoms with Crippen LogP contribution in [-0.2, 0) is 9.53 Å². The zero-order valence-corrected chi connectivity index (χ0v) is 16.7. The number of fused-ring (bicyclic) bond motifs is 3. The molecule has 0 bridgehead atoms. The van der Waals surface area contributed by atoms with Crippen LogP contribution in [0.4, 0.5) is 10.5 Å². The normalized spacial score (nSPS) is 20.1. The van der Waals surface area contributed by atoms with E-state index in [1.165, 1.54) is 0 Å². The summed E-state index contributed by atoms with van der Waals surface area (Å²) >= 11 is 0. The Hall–Kier alpha value is -3.56. The molecule has 0 radical (unpaired) electrons. The molecule has 0 saturated carbocycles. The highest BCUT2D eigenvalue weighted by Crippen LogP contribution is 2.42. The lowest BCUT2D eigenvalue weighted by molar-refractivity contribution is -0.109. The molecule has 9 heteroatoms. The maximum absolute atomic E-state index is 13.4. The number of urea groups is 1. The van der Waals surface area contributed by atoms with Crippen LogP contribution >= 0.6 is 0 Å². The van der Waals surface area contributed by atoms with Crippen molar-refractivity contribution in [2.45, 2.75) is 6.42 Å². The predicted octanol–water partition coefficient (Wildman–Crippen LogP) is 2.15. The molecule has 1 aliphatic heterocycles. The summed E-state index contributed by atoms with van der Waals surface area (Å²) in [5.74, 6) is -0.341. The number of rotatable bonds is 4. The van der Waals surface area contributed by atoms with Gasteiger partial charge in [-0.1, -0.05) is 30.4 Å². The number of hydrazine groups is 1. The standard InChI is InChI=1S/C22H21N5O4/c28-12-13-4-6-14(7-5-13)19-18-20(25-24-19)15-2-1-3-16(17(15)21(18)29)23-22(30)26-27-8-10-31-11-9-27/h1-4,6-7,12-13H,5,8-11H2,(H,24,25)(H2,23,26,30). The van der Waals surface area contributed by atoms with Crippen LogP contribution in [0.5, 0.6) is 0 Å². The number of ketones is 1. The first-order valence-corrected chi connectivity index (χ1v) is 10.2. The third-order valence-corrected chi connectivity index (χ3v) is 5.65. The van der Waals surface area contributed by atoms with Crippen molar-refractivity contribution >= 4 is 29.4 Å². The number of morpholine rings is 1. The van der Waals surface area contributed by atoms with E-state index < -0.39 is 6.03 Å². The lowest BCUT2D eigenvalue weighted by Gasteiger charge is -2.27. The molecule has 2 aliphatic carbocycles. The number of anilines is 1. The minimum absolute atomic E-state index is 0.149. The van der Waals surface area contributed by atoms with Crippen molar-refractivity contribution in [1.82, 2.24) is 20.6 Å². The van der Waals surface area contributed by atoms with Crippen LogP contribution in [0.25, 0.3) is 16.8 Å². The van der Waals surface area contributed by atoms with E-state index in [1.807, 2.05) is 24.3 Å². The number of carbonyl (C=O) groups is 3. The highest BCUT2D eigenvalue weighted by molar-refractivity contribution is 6.26. The summed E-state index contributed by atoms with van der Waals surface area (Å²) < 4.78 is 5.28. The molecular formula is C22H21N5O4. The molecule has 0 spiro atoms. The Labute approximate surface area is 178 Å². The Balaban J connectivity index is 1.40. The number of nitrogens with zero attached hydrogens (tertiary/aromatic N) is 2. The molecule has 1 unspecified atom stereocenters. The number of H-pyrrole nitrogens is 1. The topological polar surface area (TPSA) is 116 Å². The lowest BCUT2D eigenvalue weighted by atomic mass is 9.94. The minimum Gasteiger partial charge on any atom is -0.379 e. The van der Waals surface area contributed by atoms with Gasteiger partial charge in [-0.3, -0.25) is 15.3 Å². The van der Waals surface area contributed by atoms with Crippen molar-refractivity contribution in [2.24, 2.45) is 5.92 Å². The van der Waals surface area contributed by atoms with Crippen LogP contribution < -0.4 is 10.7 Å². The SMILES string of the molecule is O=CC1C=CC(c2n[nH]c3c2C(=O)c2c(NC(=O)NN4CCOCC4)cccc2-3)=CC1. The summed E-state index contributed by atoms with van der Waals surface area (Å²) in [5, 5.41) is 11.9. The van der Waals surface area contributed by atoms with Gasteiger partial charge in [0.25, 0.3) is 0 Å². The summed E-state index contributed by atoms with van der Waals surface area (Å²) in [6.07, 6.45) is 7.04. The Bertz CT molecular complexity index is 1130. The maximum Gasteiger partial charge on any atom is 0.333 e. The van der Waals surface area contributed by atoms with Gasteiger partial charge in [0.05, 0.1) is 35.7 Å². The van der Waals surface area contributed by atoms with Crippen molar-refractivity contribution in [2.75, 3.05) is 31.6 Å². The molecule has 9 nitrogen and oxygen atoms in total. The fourth-order valence-electron chi connectivity index (χ4n) is 4.08. The summed E-state index contributed by atoms with van der Waals surface area (Å²) in [5.41, 5.74) is 6.85. The van der Waals surface area contributed by atoms with Crippen molar-refractivity contribution in [3.05, 3.63) is 53.2 Å². The largest absolute Gasteiger partial charge is 0.379 e. The summed E-state index contributed by atoms with van der Waals surface area (Å²) in [4.78, 5) is 36.8. The number of benzene rings is 1. The van der Waals surface area contributed by atoms with Gasteiger partial charge in [0, 0.05) is 24.6 Å². The van der Waals surface area contributed by atoms with Crippen LogP contribution in [0.1, 0.15) is 28.0 Å². The number of carbonyl (C=O) groups excluding carboxylic acids is 3. The molecular weight excluding hydrogens is 398 g/mol. The van der Waals surface area contributed by atoms with E-state index >= 15 is 0 Å². The molecule has 1 saturated heterocycles. The summed E-state index contributed by atoms with van der Waals surface area (Å²) in [6, 6.07) is 4.93. The third-order valence-electron chi connectivity index (χ3n) is 5.65. The average molecular weight is 419 g/mol. The second-order valence-corrected chi connectivity index (χ2v) is 7.60. The van der Waals surface area contributed by atoms with Crippen molar-refractivity contribution in [3.63, 3.8) is 0 Å². The van der Waals surface area contributed by atoms with Crippen molar-refractivity contribution in [1.29, 1.82) is 0 Å². The van der Waals surface area contributed by atoms with Gasteiger partial charge in [-0.05, 0) is 18.1 Å². The molecule has 5 rings (SSSR count). The van der Waals surface area contributed by atoms with Crippen LogP contribution in [0.3, 0.4) is 0 Å². The highest BCUT2D eigenvalue weighted by Gasteiger charge is 2.35. The fraction of sp³-hybridized carbons (Fsp3) is 0.273. The fourth-order valence-corrected chi connectivity index (χ4v) is 4.08. The monoisotopic (exact) mass is 419 g/mol. The molecule has 2 amide bonds. The minimum atomic E-state index is -0.408. The number of nitrogens with one attached hydrogen (secondary N) is 3. The van der Waals surface area contributed by atoms with Gasteiger partial charge in [0.1, 0.15) is 12.0 Å². The van der Waals surface area contributed by atoms with Gasteiger partial charge in [-0.2, -0.15) is 5.10 Å². The first-order chi connectivity index (χ1) is 15.2. The second-order valence-electron chi connectivity index (χ2n) is 7.60. The van der Waals surface area contributed by atoms with E-state index in [-0.39, 0.29) is 11.7 Å². The Morgan fingerprint density at radius 1 is 1.26 bits per heavy atom. The third kappa shape index (κ3) is 3.47. The smallest absolute Gasteiger partial charge is 0.333 e. The Morgan fingerprint density at radius 3 is 2.84 bits per heavy atom. The zero-order chi connectivity index (χ0) is 21.4. The number of amides is 2. The number of allylic oxidation sites excluding steroid dienone is 4. The molecule has 1 aromatic carbocycles. The molecule has 31 heavy (non-hydrogen) atoms. The number of hydrogen-bond donors (Lipinski definition) is 3. The molecule has 158 valence electrons. The Kier molecular flexibility index (Phi) is 4.97. The van der Waals surface area contributed by atoms with Crippen molar-refractivity contribution < 1.29 is 19.1 Å². The average Bonchev–Trinajstić information content (AvgIpc) is 3.35. The second kappa shape index (κ2) is 7.93. The lowest BCUT2D eigenvalue weighted by Crippen LogP contribution is -2.49. The van der Waals surface area contributed by atoms with E-state index in [0.717, 1.165) is 11.9 Å². The molecule has 2 aromatic rings. The first-order valence-electron chi connectivity index (χ1n) is 10.2. The van der Waals surface area contributed by atoms with E-state index in [4.69, 9.17) is 4.74 Å². The van der Waals surface area contributed by atoms with Gasteiger partial charge in [0.15, 0.2) is 5.78 Å². The van der Waals surface area contributed by atoms with Crippen LogP contribution in [0.15, 0.2) is 36.4 Å². The van der Waals surface area contributed by atoms with E-state index in [2.05, 4.69) is 20.9 Å². The quantitative estimate of drug-likeness (QED) is 0.558. The van der Waals surface area contributed by atoms with Crippen LogP contribution in [-0.4, -0.2) is 59.6 Å². The molecule has 3 aliphatic rings. The van der Waals surface area contributed by atoms with Crippen LogP contribution in [0.2, 0.25) is 0 Å². The number of aldehydes is 1. The highest BCUT2D eigenvalue weighted by atomic mass is 16.5. The number of ether oxygens (including phenoxy) is 1. The zero-order valence-electron chi connectivity index (χ0n) is 16.7. The summed E-state index contributed by atoms with van der Waals surface area (Å²) in [6.45, 7) is 2.32. The van der Waals surface area contributed by atoms with Gasteiger partial charge in [0.2, 0.25) is 0 Å².